The maximum atomic E-state index is 11.5. The number of rotatable bonds is 4. The summed E-state index contributed by atoms with van der Waals surface area (Å²) < 4.78 is 11.1. The minimum Gasteiger partial charge on any atom is -0.384 e. The van der Waals surface area contributed by atoms with Gasteiger partial charge in [-0.05, 0) is 6.42 Å². The highest BCUT2D eigenvalue weighted by atomic mass is 16.5. The minimum absolute atomic E-state index is 0.137. The molecule has 0 radical (unpaired) electrons. The predicted molar refractivity (Wildman–Crippen MR) is 58.2 cm³/mol. The third kappa shape index (κ3) is 2.14. The highest BCUT2D eigenvalue weighted by Crippen LogP contribution is 2.38. The molecule has 0 aromatic carbocycles. The second-order valence-electron chi connectivity index (χ2n) is 4.76. The van der Waals surface area contributed by atoms with E-state index in [0.717, 1.165) is 12.8 Å². The quantitative estimate of drug-likeness (QED) is 0.731. The first kappa shape index (κ1) is 12.0. The number of fused-ring (bicyclic) bond motifs is 1. The van der Waals surface area contributed by atoms with Gasteiger partial charge in [0.2, 0.25) is 0 Å². The van der Waals surface area contributed by atoms with Crippen molar-refractivity contribution in [2.45, 2.75) is 56.8 Å². The average Bonchev–Trinajstić information content (AvgIpc) is 2.61. The van der Waals surface area contributed by atoms with E-state index in [1.54, 1.807) is 0 Å². The maximum Gasteiger partial charge on any atom is 0.138 e. The normalized spacial score (nSPS) is 38.8. The second kappa shape index (κ2) is 4.82. The smallest absolute Gasteiger partial charge is 0.138 e. The fourth-order valence-electron chi connectivity index (χ4n) is 2.52. The van der Waals surface area contributed by atoms with Crippen LogP contribution in [-0.4, -0.2) is 41.9 Å². The fraction of sp³-hybridized carbons (Fsp3) is 0.917. The molecule has 1 heterocycles. The summed E-state index contributed by atoms with van der Waals surface area (Å²) in [5.74, 6) is 0.137. The van der Waals surface area contributed by atoms with Crippen LogP contribution in [0.25, 0.3) is 0 Å². The monoisotopic (exact) mass is 228 g/mol. The summed E-state index contributed by atoms with van der Waals surface area (Å²) in [5.41, 5.74) is -0.929. The molecule has 0 aromatic heterocycles. The number of aliphatic hydroxyl groups is 1. The van der Waals surface area contributed by atoms with Crippen molar-refractivity contribution in [3.05, 3.63) is 0 Å². The Morgan fingerprint density at radius 2 is 2.38 bits per heavy atom. The van der Waals surface area contributed by atoms with Gasteiger partial charge in [0.25, 0.3) is 0 Å². The number of carbonyl (C=O) groups is 1. The summed E-state index contributed by atoms with van der Waals surface area (Å²) in [6, 6.07) is 0. The van der Waals surface area contributed by atoms with Crippen LogP contribution in [0.5, 0.6) is 0 Å². The number of unbranched alkanes of at least 4 members (excludes halogenated alkanes) is 1. The number of carbonyl (C=O) groups excluding carboxylic acids is 1. The molecule has 4 nitrogen and oxygen atoms in total. The lowest BCUT2D eigenvalue weighted by Gasteiger charge is -2.39. The Morgan fingerprint density at radius 1 is 1.56 bits per heavy atom. The van der Waals surface area contributed by atoms with E-state index in [9.17, 15) is 9.90 Å². The predicted octanol–water partition coefficient (Wildman–Crippen LogP) is 1.05. The molecule has 2 fully saturated rings. The second-order valence-corrected chi connectivity index (χ2v) is 4.76. The van der Waals surface area contributed by atoms with Crippen molar-refractivity contribution >= 4 is 5.78 Å². The van der Waals surface area contributed by atoms with Crippen LogP contribution in [-0.2, 0) is 14.3 Å². The van der Waals surface area contributed by atoms with Gasteiger partial charge in [0, 0.05) is 25.9 Å². The number of ketones is 1. The van der Waals surface area contributed by atoms with E-state index in [1.807, 2.05) is 0 Å². The lowest BCUT2D eigenvalue weighted by Crippen LogP contribution is -2.55. The molecule has 1 aliphatic carbocycles. The van der Waals surface area contributed by atoms with Crippen LogP contribution in [0.3, 0.4) is 0 Å². The topological polar surface area (TPSA) is 55.8 Å². The lowest BCUT2D eigenvalue weighted by molar-refractivity contribution is -0.169. The van der Waals surface area contributed by atoms with E-state index in [2.05, 4.69) is 6.92 Å². The Balaban J connectivity index is 2.00. The molecule has 2 aliphatic rings. The highest BCUT2D eigenvalue weighted by Gasteiger charge is 2.53. The van der Waals surface area contributed by atoms with Gasteiger partial charge in [0.05, 0.1) is 18.8 Å². The summed E-state index contributed by atoms with van der Waals surface area (Å²) in [5, 5.41) is 10.5. The maximum absolute atomic E-state index is 11.5. The van der Waals surface area contributed by atoms with Gasteiger partial charge in [-0.15, -0.1) is 0 Å². The zero-order chi connectivity index (χ0) is 11.6. The first-order chi connectivity index (χ1) is 7.66. The molecule has 2 rings (SSSR count). The van der Waals surface area contributed by atoms with Gasteiger partial charge in [0.15, 0.2) is 0 Å². The third-order valence-corrected chi connectivity index (χ3v) is 3.58. The van der Waals surface area contributed by atoms with Crippen molar-refractivity contribution < 1.29 is 19.4 Å². The first-order valence-electron chi connectivity index (χ1n) is 6.14. The molecule has 0 spiro atoms. The van der Waals surface area contributed by atoms with Gasteiger partial charge in [-0.2, -0.15) is 0 Å². The van der Waals surface area contributed by atoms with Crippen LogP contribution < -0.4 is 0 Å². The SMILES string of the molecule is CCCCOC1CC(=O)CC2OCCC12O. The molecule has 1 N–H and O–H groups in total. The number of Topliss-reactive ketones (excluding diaryl/α,β-unsaturated/α-hetero) is 1. The Morgan fingerprint density at radius 3 is 3.12 bits per heavy atom. The molecule has 1 saturated carbocycles. The zero-order valence-corrected chi connectivity index (χ0v) is 9.78. The summed E-state index contributed by atoms with van der Waals surface area (Å²) >= 11 is 0. The molecule has 3 unspecified atom stereocenters. The molecule has 1 saturated heterocycles. The van der Waals surface area contributed by atoms with Crippen LogP contribution in [0.1, 0.15) is 39.0 Å². The Bertz CT molecular complexity index is 266. The van der Waals surface area contributed by atoms with E-state index in [0.29, 0.717) is 32.5 Å². The van der Waals surface area contributed by atoms with Crippen LogP contribution in [0.15, 0.2) is 0 Å². The lowest BCUT2D eigenvalue weighted by atomic mass is 9.78. The van der Waals surface area contributed by atoms with Gasteiger partial charge in [-0.3, -0.25) is 4.79 Å². The first-order valence-corrected chi connectivity index (χ1v) is 6.14. The van der Waals surface area contributed by atoms with Crippen molar-refractivity contribution in [3.63, 3.8) is 0 Å². The zero-order valence-electron chi connectivity index (χ0n) is 9.78. The number of hydrogen-bond donors (Lipinski definition) is 1. The number of hydrogen-bond acceptors (Lipinski definition) is 4. The molecular formula is C12H20O4. The van der Waals surface area contributed by atoms with Crippen LogP contribution in [0.4, 0.5) is 0 Å². The van der Waals surface area contributed by atoms with Gasteiger partial charge < -0.3 is 14.6 Å². The molecule has 92 valence electrons. The van der Waals surface area contributed by atoms with Crippen molar-refractivity contribution in [3.8, 4) is 0 Å². The molecule has 4 heteroatoms. The Hall–Kier alpha value is -0.450. The molecule has 0 bridgehead atoms. The average molecular weight is 228 g/mol. The van der Waals surface area contributed by atoms with Crippen molar-refractivity contribution in [1.29, 1.82) is 0 Å². The van der Waals surface area contributed by atoms with Gasteiger partial charge in [0.1, 0.15) is 11.4 Å². The van der Waals surface area contributed by atoms with Gasteiger partial charge >= 0.3 is 0 Å². The molecule has 0 aromatic rings. The molecule has 0 amide bonds. The van der Waals surface area contributed by atoms with Crippen molar-refractivity contribution in [1.82, 2.24) is 0 Å². The van der Waals surface area contributed by atoms with E-state index in [1.165, 1.54) is 0 Å². The van der Waals surface area contributed by atoms with Gasteiger partial charge in [-0.25, -0.2) is 0 Å². The largest absolute Gasteiger partial charge is 0.384 e. The summed E-state index contributed by atoms with van der Waals surface area (Å²) in [4.78, 5) is 11.5. The minimum atomic E-state index is -0.929. The van der Waals surface area contributed by atoms with Gasteiger partial charge in [-0.1, -0.05) is 13.3 Å². The summed E-state index contributed by atoms with van der Waals surface area (Å²) in [6.07, 6.45) is 2.56. The van der Waals surface area contributed by atoms with Crippen LogP contribution in [0, 0.1) is 0 Å². The van der Waals surface area contributed by atoms with E-state index in [4.69, 9.17) is 9.47 Å². The van der Waals surface area contributed by atoms with E-state index >= 15 is 0 Å². The van der Waals surface area contributed by atoms with Crippen molar-refractivity contribution in [2.75, 3.05) is 13.2 Å². The van der Waals surface area contributed by atoms with E-state index < -0.39 is 5.60 Å². The van der Waals surface area contributed by atoms with E-state index in [-0.39, 0.29) is 18.0 Å². The number of ether oxygens (including phenoxy) is 2. The molecule has 3 atom stereocenters. The molecule has 16 heavy (non-hydrogen) atoms. The summed E-state index contributed by atoms with van der Waals surface area (Å²) in [6.45, 7) is 3.23. The van der Waals surface area contributed by atoms with Crippen LogP contribution >= 0.6 is 0 Å². The fourth-order valence-corrected chi connectivity index (χ4v) is 2.52. The molecule has 1 aliphatic heterocycles. The Labute approximate surface area is 95.9 Å². The highest BCUT2D eigenvalue weighted by molar-refractivity contribution is 5.81. The van der Waals surface area contributed by atoms with Crippen molar-refractivity contribution in [2.24, 2.45) is 0 Å². The van der Waals surface area contributed by atoms with Crippen LogP contribution in [0.2, 0.25) is 0 Å². The summed E-state index contributed by atoms with van der Waals surface area (Å²) in [7, 11) is 0. The third-order valence-electron chi connectivity index (χ3n) is 3.58. The Kier molecular flexibility index (Phi) is 3.62. The molecular weight excluding hydrogens is 208 g/mol. The standard InChI is InChI=1S/C12H20O4/c1-2-3-5-15-10-7-9(13)8-11-12(10,14)4-6-16-11/h10-11,14H,2-8H2,1H3.